The fourth-order valence-electron chi connectivity index (χ4n) is 3.55. The summed E-state index contributed by atoms with van der Waals surface area (Å²) in [6, 6.07) is 13.8. The van der Waals surface area contributed by atoms with E-state index < -0.39 is 11.6 Å². The summed E-state index contributed by atoms with van der Waals surface area (Å²) < 4.78 is 29.6. The minimum atomic E-state index is -0.905. The zero-order valence-electron chi connectivity index (χ0n) is 15.5. The highest BCUT2D eigenvalue weighted by molar-refractivity contribution is 8.00. The smallest absolute Gasteiger partial charge is 0.234 e. The van der Waals surface area contributed by atoms with Crippen LogP contribution < -0.4 is 0 Å². The molecular weight excluding hydrogens is 380 g/mol. The monoisotopic (exact) mass is 399 g/mol. The largest absolute Gasteiger partial charge is 0.321 e. The summed E-state index contributed by atoms with van der Waals surface area (Å²) in [5, 5.41) is 4.37. The summed E-state index contributed by atoms with van der Waals surface area (Å²) in [4.78, 5) is 14.1. The van der Waals surface area contributed by atoms with E-state index in [0.717, 1.165) is 28.7 Å². The van der Waals surface area contributed by atoms with Gasteiger partial charge in [0.2, 0.25) is 5.91 Å². The minimum absolute atomic E-state index is 0.0233. The number of carbonyl (C=O) groups excluding carboxylic acids is 1. The van der Waals surface area contributed by atoms with Crippen molar-refractivity contribution in [2.24, 2.45) is 0 Å². The summed E-state index contributed by atoms with van der Waals surface area (Å²) in [5.74, 6) is -1.60. The predicted octanol–water partition coefficient (Wildman–Crippen LogP) is 4.54. The summed E-state index contributed by atoms with van der Waals surface area (Å²) in [7, 11) is 0. The SMILES string of the molecule is Cc1nn(-c2ccccc2)c(C)c1C1SCC(=O)N1Cc1cccc(F)c1F. The first kappa shape index (κ1) is 18.7. The molecule has 0 radical (unpaired) electrons. The van der Waals surface area contributed by atoms with Gasteiger partial charge in [0.25, 0.3) is 0 Å². The van der Waals surface area contributed by atoms with E-state index in [0.29, 0.717) is 5.75 Å². The zero-order valence-corrected chi connectivity index (χ0v) is 16.3. The van der Waals surface area contributed by atoms with Gasteiger partial charge in [-0.25, -0.2) is 13.5 Å². The van der Waals surface area contributed by atoms with Gasteiger partial charge in [-0.2, -0.15) is 5.10 Å². The Morgan fingerprint density at radius 3 is 2.61 bits per heavy atom. The molecule has 28 heavy (non-hydrogen) atoms. The van der Waals surface area contributed by atoms with Crippen LogP contribution in [0.2, 0.25) is 0 Å². The molecule has 1 aromatic heterocycles. The number of hydrogen-bond donors (Lipinski definition) is 0. The average Bonchev–Trinajstić information content (AvgIpc) is 3.19. The first-order valence-corrected chi connectivity index (χ1v) is 9.97. The Bertz CT molecular complexity index is 1040. The van der Waals surface area contributed by atoms with Crippen LogP contribution >= 0.6 is 11.8 Å². The molecular formula is C21H19F2N3OS. The predicted molar refractivity (Wildman–Crippen MR) is 105 cm³/mol. The maximum atomic E-state index is 14.2. The van der Waals surface area contributed by atoms with E-state index in [2.05, 4.69) is 5.10 Å². The Hall–Kier alpha value is -2.67. The Morgan fingerprint density at radius 1 is 1.11 bits per heavy atom. The second-order valence-corrected chi connectivity index (χ2v) is 7.80. The summed E-state index contributed by atoms with van der Waals surface area (Å²) in [6.45, 7) is 3.90. The number of amides is 1. The van der Waals surface area contributed by atoms with Crippen molar-refractivity contribution in [3.63, 3.8) is 0 Å². The molecule has 4 nitrogen and oxygen atoms in total. The third kappa shape index (κ3) is 3.20. The highest BCUT2D eigenvalue weighted by Gasteiger charge is 2.36. The first-order valence-electron chi connectivity index (χ1n) is 8.93. The number of hydrogen-bond acceptors (Lipinski definition) is 3. The molecule has 1 saturated heterocycles. The maximum Gasteiger partial charge on any atom is 0.234 e. The van der Waals surface area contributed by atoms with Gasteiger partial charge < -0.3 is 4.90 Å². The van der Waals surface area contributed by atoms with Crippen molar-refractivity contribution in [3.05, 3.63) is 82.7 Å². The molecule has 7 heteroatoms. The van der Waals surface area contributed by atoms with Crippen molar-refractivity contribution < 1.29 is 13.6 Å². The van der Waals surface area contributed by atoms with Crippen molar-refractivity contribution in [1.29, 1.82) is 0 Å². The lowest BCUT2D eigenvalue weighted by molar-refractivity contribution is -0.128. The molecule has 2 aromatic carbocycles. The molecule has 0 saturated carbocycles. The lowest BCUT2D eigenvalue weighted by Gasteiger charge is -2.25. The average molecular weight is 399 g/mol. The Morgan fingerprint density at radius 2 is 1.86 bits per heavy atom. The van der Waals surface area contributed by atoms with Gasteiger partial charge in [-0.05, 0) is 32.0 Å². The number of rotatable bonds is 4. The highest BCUT2D eigenvalue weighted by atomic mass is 32.2. The molecule has 1 aliphatic rings. The lowest BCUT2D eigenvalue weighted by Crippen LogP contribution is -2.28. The molecule has 0 bridgehead atoms. The van der Waals surface area contributed by atoms with Gasteiger partial charge in [0.1, 0.15) is 5.37 Å². The topological polar surface area (TPSA) is 38.1 Å². The van der Waals surface area contributed by atoms with E-state index >= 15 is 0 Å². The third-order valence-corrected chi connectivity index (χ3v) is 6.15. The van der Waals surface area contributed by atoms with Crippen LogP contribution in [0.4, 0.5) is 8.78 Å². The summed E-state index contributed by atoms with van der Waals surface area (Å²) in [6.07, 6.45) is 0. The molecule has 1 aliphatic heterocycles. The van der Waals surface area contributed by atoms with Crippen molar-refractivity contribution in [1.82, 2.24) is 14.7 Å². The van der Waals surface area contributed by atoms with Crippen LogP contribution in [0.15, 0.2) is 48.5 Å². The van der Waals surface area contributed by atoms with E-state index in [1.807, 2.05) is 48.9 Å². The molecule has 0 N–H and O–H groups in total. The van der Waals surface area contributed by atoms with Crippen molar-refractivity contribution in [2.45, 2.75) is 25.8 Å². The Balaban J connectivity index is 1.71. The molecule has 3 aromatic rings. The molecule has 1 fully saturated rings. The Labute approximate surface area is 166 Å². The van der Waals surface area contributed by atoms with Crippen LogP contribution in [0, 0.1) is 25.5 Å². The third-order valence-electron chi connectivity index (χ3n) is 4.94. The number of para-hydroxylation sites is 1. The van der Waals surface area contributed by atoms with Crippen molar-refractivity contribution in [2.75, 3.05) is 5.75 Å². The van der Waals surface area contributed by atoms with Gasteiger partial charge in [-0.1, -0.05) is 30.3 Å². The number of nitrogens with zero attached hydrogens (tertiary/aromatic N) is 3. The second-order valence-electron chi connectivity index (χ2n) is 6.73. The maximum absolute atomic E-state index is 14.2. The van der Waals surface area contributed by atoms with E-state index in [1.54, 1.807) is 4.90 Å². The number of aryl methyl sites for hydroxylation is 1. The quantitative estimate of drug-likeness (QED) is 0.646. The highest BCUT2D eigenvalue weighted by Crippen LogP contribution is 2.42. The molecule has 144 valence electrons. The Kier molecular flexibility index (Phi) is 4.93. The zero-order chi connectivity index (χ0) is 19.8. The van der Waals surface area contributed by atoms with Crippen LogP contribution in [-0.2, 0) is 11.3 Å². The number of halogens is 2. The van der Waals surface area contributed by atoms with Crippen LogP contribution in [0.3, 0.4) is 0 Å². The van der Waals surface area contributed by atoms with Crippen LogP contribution in [0.5, 0.6) is 0 Å². The van der Waals surface area contributed by atoms with Crippen LogP contribution in [0.1, 0.15) is 27.9 Å². The van der Waals surface area contributed by atoms with Crippen molar-refractivity contribution in [3.8, 4) is 5.69 Å². The molecule has 1 amide bonds. The number of benzene rings is 2. The van der Waals surface area contributed by atoms with Crippen molar-refractivity contribution >= 4 is 17.7 Å². The molecule has 4 rings (SSSR count). The summed E-state index contributed by atoms with van der Waals surface area (Å²) >= 11 is 1.48. The first-order chi connectivity index (χ1) is 13.5. The molecule has 2 heterocycles. The van der Waals surface area contributed by atoms with Gasteiger partial charge in [-0.3, -0.25) is 4.79 Å². The van der Waals surface area contributed by atoms with E-state index in [-0.39, 0.29) is 23.4 Å². The van der Waals surface area contributed by atoms with E-state index in [9.17, 15) is 13.6 Å². The number of carbonyl (C=O) groups is 1. The van der Waals surface area contributed by atoms with E-state index in [4.69, 9.17) is 0 Å². The van der Waals surface area contributed by atoms with Gasteiger partial charge in [0.15, 0.2) is 11.6 Å². The van der Waals surface area contributed by atoms with Gasteiger partial charge in [0.05, 0.1) is 23.7 Å². The van der Waals surface area contributed by atoms with Gasteiger partial charge in [-0.15, -0.1) is 11.8 Å². The normalized spacial score (nSPS) is 16.8. The van der Waals surface area contributed by atoms with Gasteiger partial charge >= 0.3 is 0 Å². The fraction of sp³-hybridized carbons (Fsp3) is 0.238. The standard InChI is InChI=1S/C21H19F2N3OS/c1-13-19(14(2)26(24-13)16-8-4-3-5-9-16)21-25(18(27)12-28-21)11-15-7-6-10-17(22)20(15)23/h3-10,21H,11-12H2,1-2H3. The minimum Gasteiger partial charge on any atom is -0.321 e. The van der Waals surface area contributed by atoms with E-state index in [1.165, 1.54) is 23.9 Å². The van der Waals surface area contributed by atoms with Gasteiger partial charge in [0, 0.05) is 16.8 Å². The number of thioether (sulfide) groups is 1. The lowest BCUT2D eigenvalue weighted by atomic mass is 10.1. The fourth-order valence-corrected chi connectivity index (χ4v) is 4.90. The molecule has 1 unspecified atom stereocenters. The number of aromatic nitrogens is 2. The summed E-state index contributed by atoms with van der Waals surface area (Å²) in [5.41, 5.74) is 3.80. The molecule has 0 spiro atoms. The van der Waals surface area contributed by atoms with Crippen LogP contribution in [0.25, 0.3) is 5.69 Å². The second kappa shape index (κ2) is 7.39. The molecule has 1 atom stereocenters. The molecule has 0 aliphatic carbocycles. The van der Waals surface area contributed by atoms with Crippen LogP contribution in [-0.4, -0.2) is 26.3 Å².